The molecule has 0 aliphatic carbocycles. The maximum absolute atomic E-state index is 13.2. The standard InChI is InChI=1S/C15H17FN2O4S2/c1-11-7-8-13(10-15(11)24(21,22)18(2)3)17-23(19,20)14-6-4-5-12(16)9-14/h4-10,17H,1-3H3. The summed E-state index contributed by atoms with van der Waals surface area (Å²) in [6.45, 7) is 1.61. The van der Waals surface area contributed by atoms with Crippen molar-refractivity contribution in [3.8, 4) is 0 Å². The summed E-state index contributed by atoms with van der Waals surface area (Å²) in [4.78, 5) is -0.257. The molecular formula is C15H17FN2O4S2. The Labute approximate surface area is 141 Å². The summed E-state index contributed by atoms with van der Waals surface area (Å²) < 4.78 is 65.7. The van der Waals surface area contributed by atoms with E-state index in [0.717, 1.165) is 16.4 Å². The smallest absolute Gasteiger partial charge is 0.261 e. The molecule has 0 fully saturated rings. The zero-order valence-electron chi connectivity index (χ0n) is 13.3. The predicted octanol–water partition coefficient (Wildman–Crippen LogP) is 2.19. The van der Waals surface area contributed by atoms with Crippen LogP contribution >= 0.6 is 0 Å². The number of nitrogens with one attached hydrogen (secondary N) is 1. The fourth-order valence-electron chi connectivity index (χ4n) is 1.99. The fourth-order valence-corrected chi connectivity index (χ4v) is 4.21. The first kappa shape index (κ1) is 18.4. The number of nitrogens with zero attached hydrogens (tertiary/aromatic N) is 1. The van der Waals surface area contributed by atoms with Crippen LogP contribution in [0.25, 0.3) is 0 Å². The van der Waals surface area contributed by atoms with Crippen LogP contribution in [0.15, 0.2) is 52.3 Å². The first-order valence-electron chi connectivity index (χ1n) is 6.85. The maximum atomic E-state index is 13.2. The highest BCUT2D eigenvalue weighted by Crippen LogP contribution is 2.24. The van der Waals surface area contributed by atoms with Gasteiger partial charge >= 0.3 is 0 Å². The Morgan fingerprint density at radius 3 is 2.25 bits per heavy atom. The van der Waals surface area contributed by atoms with Gasteiger partial charge in [-0.2, -0.15) is 0 Å². The number of rotatable bonds is 5. The molecule has 2 aromatic carbocycles. The summed E-state index contributed by atoms with van der Waals surface area (Å²) in [6.07, 6.45) is 0. The summed E-state index contributed by atoms with van der Waals surface area (Å²) in [5.74, 6) is -0.683. The lowest BCUT2D eigenvalue weighted by molar-refractivity contribution is 0.520. The van der Waals surface area contributed by atoms with Crippen molar-refractivity contribution >= 4 is 25.7 Å². The molecule has 2 rings (SSSR count). The van der Waals surface area contributed by atoms with Crippen LogP contribution < -0.4 is 4.72 Å². The van der Waals surface area contributed by atoms with E-state index in [-0.39, 0.29) is 15.5 Å². The number of aryl methyl sites for hydroxylation is 1. The Bertz CT molecular complexity index is 971. The van der Waals surface area contributed by atoms with Gasteiger partial charge in [0.2, 0.25) is 10.0 Å². The second kappa shape index (κ2) is 6.50. The van der Waals surface area contributed by atoms with E-state index in [0.29, 0.717) is 5.56 Å². The van der Waals surface area contributed by atoms with E-state index >= 15 is 0 Å². The van der Waals surface area contributed by atoms with Crippen molar-refractivity contribution in [3.63, 3.8) is 0 Å². The van der Waals surface area contributed by atoms with Crippen molar-refractivity contribution < 1.29 is 21.2 Å². The zero-order valence-corrected chi connectivity index (χ0v) is 14.9. The van der Waals surface area contributed by atoms with Gasteiger partial charge in [0.15, 0.2) is 0 Å². The third-order valence-corrected chi connectivity index (χ3v) is 6.64. The molecular weight excluding hydrogens is 355 g/mol. The van der Waals surface area contributed by atoms with Crippen molar-refractivity contribution in [1.29, 1.82) is 0 Å². The second-order valence-electron chi connectivity index (χ2n) is 5.33. The summed E-state index contributed by atoms with van der Waals surface area (Å²) in [5, 5.41) is 0. The minimum absolute atomic E-state index is 0.00746. The Kier molecular flexibility index (Phi) is 4.97. The van der Waals surface area contributed by atoms with Crippen molar-refractivity contribution in [1.82, 2.24) is 4.31 Å². The molecule has 0 aliphatic heterocycles. The molecule has 24 heavy (non-hydrogen) atoms. The van der Waals surface area contributed by atoms with Crippen molar-refractivity contribution in [2.75, 3.05) is 18.8 Å². The molecule has 0 aliphatic rings. The van der Waals surface area contributed by atoms with Gasteiger partial charge in [0.25, 0.3) is 10.0 Å². The molecule has 130 valence electrons. The number of sulfonamides is 2. The van der Waals surface area contributed by atoms with Crippen LogP contribution in [0.1, 0.15) is 5.56 Å². The molecule has 0 unspecified atom stereocenters. The Morgan fingerprint density at radius 2 is 1.67 bits per heavy atom. The van der Waals surface area contributed by atoms with Gasteiger partial charge < -0.3 is 0 Å². The molecule has 6 nitrogen and oxygen atoms in total. The van der Waals surface area contributed by atoms with E-state index in [2.05, 4.69) is 4.72 Å². The van der Waals surface area contributed by atoms with E-state index in [9.17, 15) is 21.2 Å². The van der Waals surface area contributed by atoms with Crippen LogP contribution in [0, 0.1) is 12.7 Å². The van der Waals surface area contributed by atoms with Crippen molar-refractivity contribution in [2.24, 2.45) is 0 Å². The zero-order chi connectivity index (χ0) is 18.1. The third kappa shape index (κ3) is 3.74. The van der Waals surface area contributed by atoms with Gasteiger partial charge in [0.1, 0.15) is 5.82 Å². The molecule has 0 spiro atoms. The van der Waals surface area contributed by atoms with E-state index in [4.69, 9.17) is 0 Å². The van der Waals surface area contributed by atoms with Crippen LogP contribution in [-0.4, -0.2) is 35.2 Å². The van der Waals surface area contributed by atoms with E-state index < -0.39 is 25.9 Å². The SMILES string of the molecule is Cc1ccc(NS(=O)(=O)c2cccc(F)c2)cc1S(=O)(=O)N(C)C. The van der Waals surface area contributed by atoms with Crippen LogP contribution in [0.2, 0.25) is 0 Å². The first-order chi connectivity index (χ1) is 11.0. The van der Waals surface area contributed by atoms with Gasteiger partial charge in [-0.3, -0.25) is 4.72 Å². The summed E-state index contributed by atoms with van der Waals surface area (Å²) in [6, 6.07) is 8.72. The van der Waals surface area contributed by atoms with Gasteiger partial charge in [-0.1, -0.05) is 12.1 Å². The quantitative estimate of drug-likeness (QED) is 0.872. The number of halogens is 1. The average Bonchev–Trinajstić information content (AvgIpc) is 2.48. The highest BCUT2D eigenvalue weighted by atomic mass is 32.2. The van der Waals surface area contributed by atoms with E-state index in [1.807, 2.05) is 0 Å². The monoisotopic (exact) mass is 372 g/mol. The highest BCUT2D eigenvalue weighted by molar-refractivity contribution is 7.92. The summed E-state index contributed by atoms with van der Waals surface area (Å²) in [5.41, 5.74) is 0.558. The Hall–Kier alpha value is -1.97. The number of benzene rings is 2. The molecule has 1 N–H and O–H groups in total. The third-order valence-electron chi connectivity index (χ3n) is 3.31. The van der Waals surface area contributed by atoms with Crippen molar-refractivity contribution in [2.45, 2.75) is 16.7 Å². The largest absolute Gasteiger partial charge is 0.280 e. The average molecular weight is 372 g/mol. The molecule has 0 aromatic heterocycles. The molecule has 0 saturated carbocycles. The van der Waals surface area contributed by atoms with Crippen LogP contribution in [0.5, 0.6) is 0 Å². The lowest BCUT2D eigenvalue weighted by atomic mass is 10.2. The summed E-state index contributed by atoms with van der Waals surface area (Å²) in [7, 11) is -4.97. The predicted molar refractivity (Wildman–Crippen MR) is 89.3 cm³/mol. The van der Waals surface area contributed by atoms with Gasteiger partial charge in [0, 0.05) is 14.1 Å². The van der Waals surface area contributed by atoms with Gasteiger partial charge in [-0.05, 0) is 42.8 Å². The van der Waals surface area contributed by atoms with Gasteiger partial charge in [-0.15, -0.1) is 0 Å². The highest BCUT2D eigenvalue weighted by Gasteiger charge is 2.21. The molecule has 2 aromatic rings. The normalized spacial score (nSPS) is 12.4. The number of hydrogen-bond donors (Lipinski definition) is 1. The number of anilines is 1. The fraction of sp³-hybridized carbons (Fsp3) is 0.200. The Morgan fingerprint density at radius 1 is 1.00 bits per heavy atom. The van der Waals surface area contributed by atoms with Crippen LogP contribution in [0.3, 0.4) is 0 Å². The first-order valence-corrected chi connectivity index (χ1v) is 9.78. The lowest BCUT2D eigenvalue weighted by Gasteiger charge is -2.15. The molecule has 0 amide bonds. The molecule has 0 saturated heterocycles. The van der Waals surface area contributed by atoms with Gasteiger partial charge in [0.05, 0.1) is 15.5 Å². The minimum atomic E-state index is -4.03. The molecule has 9 heteroatoms. The minimum Gasteiger partial charge on any atom is -0.280 e. The Balaban J connectivity index is 2.45. The van der Waals surface area contributed by atoms with E-state index in [1.54, 1.807) is 6.92 Å². The number of hydrogen-bond acceptors (Lipinski definition) is 4. The molecule has 0 bridgehead atoms. The van der Waals surface area contributed by atoms with Crippen LogP contribution in [0.4, 0.5) is 10.1 Å². The molecule has 0 radical (unpaired) electrons. The topological polar surface area (TPSA) is 83.5 Å². The van der Waals surface area contributed by atoms with E-state index in [1.165, 1.54) is 44.4 Å². The second-order valence-corrected chi connectivity index (χ2v) is 9.13. The van der Waals surface area contributed by atoms with Crippen LogP contribution in [-0.2, 0) is 20.0 Å². The molecule has 0 atom stereocenters. The maximum Gasteiger partial charge on any atom is 0.261 e. The molecule has 0 heterocycles. The van der Waals surface area contributed by atoms with Crippen molar-refractivity contribution in [3.05, 3.63) is 53.8 Å². The van der Waals surface area contributed by atoms with Gasteiger partial charge in [-0.25, -0.2) is 25.5 Å². The lowest BCUT2D eigenvalue weighted by Crippen LogP contribution is -2.23. The summed E-state index contributed by atoms with van der Waals surface area (Å²) >= 11 is 0.